The van der Waals surface area contributed by atoms with E-state index in [-0.39, 0.29) is 17.7 Å². The van der Waals surface area contributed by atoms with Crippen molar-refractivity contribution < 1.29 is 13.6 Å². The smallest absolute Gasteiger partial charge is 0.317 e. The predicted octanol–water partition coefficient (Wildman–Crippen LogP) is 3.00. The lowest BCUT2D eigenvalue weighted by Gasteiger charge is -2.36. The molecule has 0 saturated carbocycles. The minimum Gasteiger partial charge on any atom is -0.368 e. The molecule has 1 fully saturated rings. The van der Waals surface area contributed by atoms with Gasteiger partial charge in [0.25, 0.3) is 0 Å². The van der Waals surface area contributed by atoms with Gasteiger partial charge in [0, 0.05) is 38.4 Å². The molecular formula is C18H19F2N3O. The summed E-state index contributed by atoms with van der Waals surface area (Å²) in [6.45, 7) is 2.99. The number of halogens is 2. The average molecular weight is 331 g/mol. The highest BCUT2D eigenvalue weighted by Gasteiger charge is 2.21. The van der Waals surface area contributed by atoms with Crippen LogP contribution in [0.15, 0.2) is 48.5 Å². The van der Waals surface area contributed by atoms with Gasteiger partial charge in [-0.3, -0.25) is 0 Å². The van der Waals surface area contributed by atoms with Crippen molar-refractivity contribution in [3.63, 3.8) is 0 Å². The molecule has 0 aromatic heterocycles. The molecule has 24 heavy (non-hydrogen) atoms. The third-order valence-electron chi connectivity index (χ3n) is 4.12. The van der Waals surface area contributed by atoms with E-state index < -0.39 is 0 Å². The van der Waals surface area contributed by atoms with E-state index in [9.17, 15) is 13.6 Å². The first-order valence-corrected chi connectivity index (χ1v) is 7.89. The van der Waals surface area contributed by atoms with Crippen LogP contribution in [0.5, 0.6) is 0 Å². The molecule has 0 bridgehead atoms. The second kappa shape index (κ2) is 7.29. The number of benzene rings is 2. The normalized spacial score (nSPS) is 14.6. The van der Waals surface area contributed by atoms with E-state index in [0.717, 1.165) is 11.3 Å². The fourth-order valence-corrected chi connectivity index (χ4v) is 2.71. The van der Waals surface area contributed by atoms with Crippen molar-refractivity contribution in [3.8, 4) is 0 Å². The van der Waals surface area contributed by atoms with Gasteiger partial charge in [0.15, 0.2) is 0 Å². The minimum absolute atomic E-state index is 0.127. The Kier molecular flexibility index (Phi) is 4.93. The van der Waals surface area contributed by atoms with E-state index in [1.54, 1.807) is 29.2 Å². The summed E-state index contributed by atoms with van der Waals surface area (Å²) in [5.41, 5.74) is 1.82. The third-order valence-corrected chi connectivity index (χ3v) is 4.12. The van der Waals surface area contributed by atoms with Crippen molar-refractivity contribution >= 4 is 11.7 Å². The maximum Gasteiger partial charge on any atom is 0.317 e. The van der Waals surface area contributed by atoms with E-state index in [0.29, 0.717) is 32.7 Å². The van der Waals surface area contributed by atoms with Crippen LogP contribution in [0.3, 0.4) is 0 Å². The van der Waals surface area contributed by atoms with Gasteiger partial charge in [-0.1, -0.05) is 12.1 Å². The third kappa shape index (κ3) is 4.01. The lowest BCUT2D eigenvalue weighted by atomic mass is 10.2. The number of hydrogen-bond acceptors (Lipinski definition) is 2. The Morgan fingerprint density at radius 3 is 2.00 bits per heavy atom. The number of piperazine rings is 1. The molecule has 2 amide bonds. The van der Waals surface area contributed by atoms with Crippen LogP contribution in [0.25, 0.3) is 0 Å². The summed E-state index contributed by atoms with van der Waals surface area (Å²) in [5, 5.41) is 2.85. The predicted molar refractivity (Wildman–Crippen MR) is 88.8 cm³/mol. The van der Waals surface area contributed by atoms with E-state index >= 15 is 0 Å². The summed E-state index contributed by atoms with van der Waals surface area (Å²) in [4.78, 5) is 16.1. The number of carbonyl (C=O) groups excluding carboxylic acids is 1. The molecule has 2 aromatic carbocycles. The van der Waals surface area contributed by atoms with Crippen molar-refractivity contribution in [2.45, 2.75) is 6.54 Å². The Bertz CT molecular complexity index is 680. The van der Waals surface area contributed by atoms with Gasteiger partial charge in [-0.25, -0.2) is 13.6 Å². The molecule has 0 spiro atoms. The van der Waals surface area contributed by atoms with Gasteiger partial charge in [0.1, 0.15) is 11.6 Å². The molecule has 1 saturated heterocycles. The number of anilines is 1. The molecule has 126 valence electrons. The van der Waals surface area contributed by atoms with E-state index in [1.807, 2.05) is 0 Å². The summed E-state index contributed by atoms with van der Waals surface area (Å²) in [6.07, 6.45) is 0. The maximum absolute atomic E-state index is 13.0. The molecule has 2 aromatic rings. The van der Waals surface area contributed by atoms with Crippen LogP contribution in [0, 0.1) is 11.6 Å². The number of amides is 2. The highest BCUT2D eigenvalue weighted by atomic mass is 19.1. The molecule has 4 nitrogen and oxygen atoms in total. The van der Waals surface area contributed by atoms with Gasteiger partial charge in [0.05, 0.1) is 0 Å². The van der Waals surface area contributed by atoms with Crippen molar-refractivity contribution in [2.24, 2.45) is 0 Å². The molecule has 1 N–H and O–H groups in total. The molecule has 3 rings (SSSR count). The van der Waals surface area contributed by atoms with Crippen LogP contribution in [0.4, 0.5) is 19.3 Å². The lowest BCUT2D eigenvalue weighted by molar-refractivity contribution is 0.194. The van der Waals surface area contributed by atoms with Crippen LogP contribution < -0.4 is 10.2 Å². The number of hydrogen-bond donors (Lipinski definition) is 1. The number of nitrogens with one attached hydrogen (secondary N) is 1. The first kappa shape index (κ1) is 16.2. The van der Waals surface area contributed by atoms with E-state index in [4.69, 9.17) is 0 Å². The molecule has 1 heterocycles. The quantitative estimate of drug-likeness (QED) is 0.938. The lowest BCUT2D eigenvalue weighted by Crippen LogP contribution is -2.51. The van der Waals surface area contributed by atoms with Gasteiger partial charge in [-0.05, 0) is 42.0 Å². The fraction of sp³-hybridized carbons (Fsp3) is 0.278. The molecule has 6 heteroatoms. The topological polar surface area (TPSA) is 35.6 Å². The summed E-state index contributed by atoms with van der Waals surface area (Å²) >= 11 is 0. The molecule has 0 radical (unpaired) electrons. The Balaban J connectivity index is 1.48. The number of urea groups is 1. The Morgan fingerprint density at radius 2 is 1.42 bits per heavy atom. The zero-order chi connectivity index (χ0) is 16.9. The van der Waals surface area contributed by atoms with Crippen molar-refractivity contribution in [1.82, 2.24) is 10.2 Å². The zero-order valence-electron chi connectivity index (χ0n) is 13.2. The average Bonchev–Trinajstić information content (AvgIpc) is 2.62. The second-order valence-corrected chi connectivity index (χ2v) is 5.74. The molecule has 0 atom stereocenters. The largest absolute Gasteiger partial charge is 0.368 e. The van der Waals surface area contributed by atoms with Crippen molar-refractivity contribution in [1.29, 1.82) is 0 Å². The van der Waals surface area contributed by atoms with Gasteiger partial charge in [0.2, 0.25) is 0 Å². The summed E-state index contributed by atoms with van der Waals surface area (Å²) < 4.78 is 25.8. The highest BCUT2D eigenvalue weighted by Crippen LogP contribution is 2.17. The summed E-state index contributed by atoms with van der Waals surface area (Å²) in [7, 11) is 0. The Hall–Kier alpha value is -2.63. The summed E-state index contributed by atoms with van der Waals surface area (Å²) in [6, 6.07) is 12.3. The highest BCUT2D eigenvalue weighted by molar-refractivity contribution is 5.74. The number of rotatable bonds is 3. The Labute approximate surface area is 139 Å². The van der Waals surface area contributed by atoms with Crippen LogP contribution in [-0.4, -0.2) is 37.1 Å². The van der Waals surface area contributed by atoms with Crippen LogP contribution in [0.2, 0.25) is 0 Å². The SMILES string of the molecule is O=C(NCc1ccc(F)cc1)N1CCN(c2ccc(F)cc2)CC1. The molecular weight excluding hydrogens is 312 g/mol. The van der Waals surface area contributed by atoms with Crippen LogP contribution >= 0.6 is 0 Å². The fourth-order valence-electron chi connectivity index (χ4n) is 2.71. The monoisotopic (exact) mass is 331 g/mol. The number of nitrogens with zero attached hydrogens (tertiary/aromatic N) is 2. The van der Waals surface area contributed by atoms with E-state index in [1.165, 1.54) is 24.3 Å². The van der Waals surface area contributed by atoms with Gasteiger partial charge < -0.3 is 15.1 Å². The first-order valence-electron chi connectivity index (χ1n) is 7.89. The van der Waals surface area contributed by atoms with Crippen LogP contribution in [0.1, 0.15) is 5.56 Å². The summed E-state index contributed by atoms with van der Waals surface area (Å²) in [5.74, 6) is -0.542. The zero-order valence-corrected chi connectivity index (χ0v) is 13.2. The molecule has 1 aliphatic rings. The standard InChI is InChI=1S/C18H19F2N3O/c19-15-3-1-14(2-4-15)13-21-18(24)23-11-9-22(10-12-23)17-7-5-16(20)6-8-17/h1-8H,9-13H2,(H,21,24). The molecule has 0 aliphatic carbocycles. The van der Waals surface area contributed by atoms with Crippen molar-refractivity contribution in [2.75, 3.05) is 31.1 Å². The van der Waals surface area contributed by atoms with Crippen LogP contribution in [-0.2, 0) is 6.54 Å². The molecule has 0 unspecified atom stereocenters. The maximum atomic E-state index is 13.0. The second-order valence-electron chi connectivity index (χ2n) is 5.74. The van der Waals surface area contributed by atoms with Gasteiger partial charge in [-0.2, -0.15) is 0 Å². The van der Waals surface area contributed by atoms with E-state index in [2.05, 4.69) is 10.2 Å². The Morgan fingerprint density at radius 1 is 0.875 bits per heavy atom. The first-order chi connectivity index (χ1) is 11.6. The molecule has 1 aliphatic heterocycles. The van der Waals surface area contributed by atoms with Gasteiger partial charge in [-0.15, -0.1) is 0 Å². The van der Waals surface area contributed by atoms with Gasteiger partial charge >= 0.3 is 6.03 Å². The number of carbonyl (C=O) groups is 1. The minimum atomic E-state index is -0.290. The van der Waals surface area contributed by atoms with Crippen molar-refractivity contribution in [3.05, 3.63) is 65.7 Å².